The summed E-state index contributed by atoms with van der Waals surface area (Å²) in [5.74, 6) is -0.799. The molecule has 0 spiro atoms. The molecule has 1 aromatic rings. The minimum absolute atomic E-state index is 0.108. The molecule has 1 heterocycles. The molecule has 0 bridgehead atoms. The van der Waals surface area contributed by atoms with E-state index < -0.39 is 5.97 Å². The second-order valence-electron chi connectivity index (χ2n) is 2.47. The van der Waals surface area contributed by atoms with E-state index in [1.807, 2.05) is 6.92 Å². The monoisotopic (exact) mass is 169 g/mol. The molecule has 0 saturated carbocycles. The number of carboxylic acids is 1. The number of carboxylic acid groups (broad SMARTS) is 1. The third-order valence-corrected chi connectivity index (χ3v) is 1.68. The first kappa shape index (κ1) is 8.58. The number of nitrogen functional groups attached to an aromatic ring is 1. The van der Waals surface area contributed by atoms with E-state index in [-0.39, 0.29) is 11.4 Å². The number of rotatable bonds is 2. The molecule has 1 aromatic heterocycles. The highest BCUT2D eigenvalue weighted by Crippen LogP contribution is 2.15. The van der Waals surface area contributed by atoms with Gasteiger partial charge in [-0.25, -0.2) is 9.48 Å². The molecule has 0 aliphatic carbocycles. The molecule has 0 amide bonds. The lowest BCUT2D eigenvalue weighted by molar-refractivity contribution is 0.0697. The van der Waals surface area contributed by atoms with Crippen LogP contribution in [0.2, 0.25) is 0 Å². The van der Waals surface area contributed by atoms with Crippen LogP contribution in [-0.4, -0.2) is 20.9 Å². The number of hydrogen-bond acceptors (Lipinski definition) is 3. The fourth-order valence-corrected chi connectivity index (χ4v) is 1.10. The smallest absolute Gasteiger partial charge is 0.341 e. The molecular weight excluding hydrogens is 158 g/mol. The van der Waals surface area contributed by atoms with Crippen molar-refractivity contribution in [3.8, 4) is 0 Å². The summed E-state index contributed by atoms with van der Waals surface area (Å²) in [4.78, 5) is 10.6. The largest absolute Gasteiger partial charge is 0.477 e. The van der Waals surface area contributed by atoms with Crippen LogP contribution in [0.5, 0.6) is 0 Å². The molecule has 12 heavy (non-hydrogen) atoms. The number of aromatic nitrogens is 2. The van der Waals surface area contributed by atoms with Crippen molar-refractivity contribution in [2.24, 2.45) is 0 Å². The van der Waals surface area contributed by atoms with Gasteiger partial charge in [-0.05, 0) is 13.8 Å². The van der Waals surface area contributed by atoms with Crippen molar-refractivity contribution < 1.29 is 9.90 Å². The number of anilines is 1. The number of nitrogens with zero attached hydrogens (tertiary/aromatic N) is 2. The van der Waals surface area contributed by atoms with E-state index in [1.165, 1.54) is 4.68 Å². The summed E-state index contributed by atoms with van der Waals surface area (Å²) in [5.41, 5.74) is 6.10. The van der Waals surface area contributed by atoms with Crippen molar-refractivity contribution in [2.75, 3.05) is 5.73 Å². The van der Waals surface area contributed by atoms with E-state index in [1.54, 1.807) is 6.92 Å². The summed E-state index contributed by atoms with van der Waals surface area (Å²) < 4.78 is 1.47. The maximum Gasteiger partial charge on any atom is 0.341 e. The normalized spacial score (nSPS) is 10.2. The van der Waals surface area contributed by atoms with Gasteiger partial charge in [0.05, 0.1) is 5.69 Å². The zero-order valence-electron chi connectivity index (χ0n) is 7.03. The molecule has 0 unspecified atom stereocenters. The molecule has 66 valence electrons. The van der Waals surface area contributed by atoms with E-state index in [0.29, 0.717) is 12.2 Å². The van der Waals surface area contributed by atoms with Crippen LogP contribution in [0.3, 0.4) is 0 Å². The Morgan fingerprint density at radius 3 is 2.58 bits per heavy atom. The van der Waals surface area contributed by atoms with E-state index in [2.05, 4.69) is 5.10 Å². The summed E-state index contributed by atoms with van der Waals surface area (Å²) in [6.45, 7) is 4.07. The van der Waals surface area contributed by atoms with E-state index in [0.717, 1.165) is 0 Å². The lowest BCUT2D eigenvalue weighted by atomic mass is 10.2. The lowest BCUT2D eigenvalue weighted by Gasteiger charge is -1.97. The summed E-state index contributed by atoms with van der Waals surface area (Å²) in [6.07, 6.45) is 0. The average molecular weight is 169 g/mol. The fraction of sp³-hybridized carbons (Fsp3) is 0.429. The highest BCUT2D eigenvalue weighted by atomic mass is 16.4. The molecule has 1 rings (SSSR count). The molecular formula is C7H11N3O2. The Hall–Kier alpha value is -1.52. The van der Waals surface area contributed by atoms with Crippen molar-refractivity contribution in [2.45, 2.75) is 20.4 Å². The van der Waals surface area contributed by atoms with Gasteiger partial charge in [0.2, 0.25) is 0 Å². The van der Waals surface area contributed by atoms with Gasteiger partial charge in [0.25, 0.3) is 0 Å². The number of nitrogens with two attached hydrogens (primary N) is 1. The first-order valence-corrected chi connectivity index (χ1v) is 3.64. The van der Waals surface area contributed by atoms with Crippen LogP contribution >= 0.6 is 0 Å². The van der Waals surface area contributed by atoms with E-state index in [4.69, 9.17) is 10.8 Å². The predicted molar refractivity (Wildman–Crippen MR) is 44.0 cm³/mol. The molecule has 3 N–H and O–H groups in total. The summed E-state index contributed by atoms with van der Waals surface area (Å²) >= 11 is 0. The van der Waals surface area contributed by atoms with Crippen molar-refractivity contribution >= 4 is 11.8 Å². The molecule has 0 aliphatic rings. The number of hydrogen-bond donors (Lipinski definition) is 2. The topological polar surface area (TPSA) is 81.1 Å². The first-order chi connectivity index (χ1) is 5.57. The highest BCUT2D eigenvalue weighted by molar-refractivity contribution is 5.93. The van der Waals surface area contributed by atoms with Gasteiger partial charge in [0, 0.05) is 6.54 Å². The summed E-state index contributed by atoms with van der Waals surface area (Å²) in [7, 11) is 0. The molecule has 0 aliphatic heterocycles. The molecule has 0 aromatic carbocycles. The van der Waals surface area contributed by atoms with Gasteiger partial charge in [0.15, 0.2) is 0 Å². The molecule has 0 atom stereocenters. The Balaban J connectivity index is 3.28. The van der Waals surface area contributed by atoms with E-state index in [9.17, 15) is 4.79 Å². The fourth-order valence-electron chi connectivity index (χ4n) is 1.10. The van der Waals surface area contributed by atoms with Gasteiger partial charge in [-0.3, -0.25) is 0 Å². The van der Waals surface area contributed by atoms with E-state index >= 15 is 0 Å². The molecule has 0 fully saturated rings. The Morgan fingerprint density at radius 2 is 2.33 bits per heavy atom. The number of carbonyl (C=O) groups is 1. The van der Waals surface area contributed by atoms with Crippen molar-refractivity contribution in [3.63, 3.8) is 0 Å². The number of aromatic carboxylic acids is 1. The minimum atomic E-state index is -1.02. The summed E-state index contributed by atoms with van der Waals surface area (Å²) in [5, 5.41) is 12.7. The molecule has 5 nitrogen and oxygen atoms in total. The Labute approximate surface area is 69.8 Å². The maximum atomic E-state index is 10.6. The second-order valence-corrected chi connectivity index (χ2v) is 2.47. The second kappa shape index (κ2) is 2.84. The van der Waals surface area contributed by atoms with Crippen LogP contribution in [0.4, 0.5) is 5.82 Å². The van der Waals surface area contributed by atoms with Gasteiger partial charge in [-0.2, -0.15) is 5.10 Å². The molecule has 5 heteroatoms. The van der Waals surface area contributed by atoms with Gasteiger partial charge >= 0.3 is 5.97 Å². The molecule has 0 radical (unpaired) electrons. The zero-order chi connectivity index (χ0) is 9.30. The quantitative estimate of drug-likeness (QED) is 0.675. The van der Waals surface area contributed by atoms with Gasteiger partial charge < -0.3 is 10.8 Å². The van der Waals surface area contributed by atoms with Crippen LogP contribution in [-0.2, 0) is 6.54 Å². The van der Waals surface area contributed by atoms with Crippen LogP contribution in [0.15, 0.2) is 0 Å². The Bertz CT molecular complexity index is 317. The maximum absolute atomic E-state index is 10.6. The third kappa shape index (κ3) is 1.13. The van der Waals surface area contributed by atoms with Crippen molar-refractivity contribution in [3.05, 3.63) is 11.3 Å². The standard InChI is InChI=1S/C7H11N3O2/c1-3-10-6(8)5(7(11)12)4(2)9-10/h3,8H2,1-2H3,(H,11,12). The van der Waals surface area contributed by atoms with Gasteiger partial charge in [-0.1, -0.05) is 0 Å². The SMILES string of the molecule is CCn1nc(C)c(C(=O)O)c1N. The van der Waals surface area contributed by atoms with Crippen LogP contribution in [0, 0.1) is 6.92 Å². The lowest BCUT2D eigenvalue weighted by Crippen LogP contribution is -2.05. The first-order valence-electron chi connectivity index (χ1n) is 3.64. The number of aryl methyl sites for hydroxylation is 2. The van der Waals surface area contributed by atoms with Crippen molar-refractivity contribution in [1.82, 2.24) is 9.78 Å². The molecule has 0 saturated heterocycles. The van der Waals surface area contributed by atoms with Gasteiger partial charge in [-0.15, -0.1) is 0 Å². The van der Waals surface area contributed by atoms with Crippen LogP contribution < -0.4 is 5.73 Å². The highest BCUT2D eigenvalue weighted by Gasteiger charge is 2.17. The van der Waals surface area contributed by atoms with Crippen molar-refractivity contribution in [1.29, 1.82) is 0 Å². The zero-order valence-corrected chi connectivity index (χ0v) is 7.03. The Kier molecular flexibility index (Phi) is 2.03. The van der Waals surface area contributed by atoms with Crippen LogP contribution in [0.25, 0.3) is 0 Å². The minimum Gasteiger partial charge on any atom is -0.477 e. The third-order valence-electron chi connectivity index (χ3n) is 1.68. The average Bonchev–Trinajstić information content (AvgIpc) is 2.25. The van der Waals surface area contributed by atoms with Gasteiger partial charge in [0.1, 0.15) is 11.4 Å². The predicted octanol–water partition coefficient (Wildman–Crippen LogP) is 0.492. The Morgan fingerprint density at radius 1 is 1.75 bits per heavy atom. The van der Waals surface area contributed by atoms with Crippen LogP contribution in [0.1, 0.15) is 23.0 Å². The summed E-state index contributed by atoms with van der Waals surface area (Å²) in [6, 6.07) is 0.